The summed E-state index contributed by atoms with van der Waals surface area (Å²) in [6, 6.07) is 14.6. The first kappa shape index (κ1) is 17.1. The molecule has 0 saturated carbocycles. The molecule has 0 amide bonds. The van der Waals surface area contributed by atoms with Gasteiger partial charge in [0.05, 0.1) is 16.8 Å². The number of nitrogens with zero attached hydrogens (tertiary/aromatic N) is 3. The zero-order chi connectivity index (χ0) is 20.0. The Hall–Kier alpha value is -4.07. The summed E-state index contributed by atoms with van der Waals surface area (Å²) in [7, 11) is 0. The fourth-order valence-corrected chi connectivity index (χ4v) is 3.44. The van der Waals surface area contributed by atoms with Gasteiger partial charge in [-0.15, -0.1) is 0 Å². The van der Waals surface area contributed by atoms with Gasteiger partial charge in [0.2, 0.25) is 0 Å². The summed E-state index contributed by atoms with van der Waals surface area (Å²) >= 11 is 0. The molecule has 0 aliphatic heterocycles. The maximum Gasteiger partial charge on any atom is 0.272 e. The van der Waals surface area contributed by atoms with Crippen molar-refractivity contribution in [3.8, 4) is 11.1 Å². The Morgan fingerprint density at radius 2 is 1.76 bits per heavy atom. The number of halogens is 1. The lowest BCUT2D eigenvalue weighted by atomic mass is 10.1. The van der Waals surface area contributed by atoms with E-state index in [1.54, 1.807) is 30.5 Å². The van der Waals surface area contributed by atoms with Crippen LogP contribution >= 0.6 is 0 Å². The van der Waals surface area contributed by atoms with E-state index in [0.29, 0.717) is 33.4 Å². The van der Waals surface area contributed by atoms with Gasteiger partial charge in [0.25, 0.3) is 11.1 Å². The highest BCUT2D eigenvalue weighted by atomic mass is 19.1. The van der Waals surface area contributed by atoms with Crippen molar-refractivity contribution in [3.63, 3.8) is 0 Å². The van der Waals surface area contributed by atoms with E-state index in [9.17, 15) is 14.0 Å². The molecule has 0 aliphatic rings. The molecule has 2 aromatic carbocycles. The number of nitrogens with one attached hydrogen (secondary N) is 2. The first-order valence-electron chi connectivity index (χ1n) is 8.92. The molecule has 3 aromatic heterocycles. The van der Waals surface area contributed by atoms with Crippen LogP contribution in [0.25, 0.3) is 27.5 Å². The molecule has 0 saturated heterocycles. The average Bonchev–Trinajstić information content (AvgIpc) is 3.15. The summed E-state index contributed by atoms with van der Waals surface area (Å²) in [5.74, 6) is -0.338. The minimum absolute atomic E-state index is 0.267. The molecule has 29 heavy (non-hydrogen) atoms. The largest absolute Gasteiger partial charge is 0.296 e. The molecule has 5 aromatic rings. The van der Waals surface area contributed by atoms with Crippen molar-refractivity contribution in [1.82, 2.24) is 24.8 Å². The normalized spacial score (nSPS) is 11.3. The Morgan fingerprint density at radius 1 is 1.00 bits per heavy atom. The Labute approximate surface area is 162 Å². The minimum atomic E-state index is -0.338. The lowest BCUT2D eigenvalue weighted by Crippen LogP contribution is -2.17. The average molecular weight is 387 g/mol. The molecule has 0 fully saturated rings. The second-order valence-corrected chi connectivity index (χ2v) is 6.66. The Kier molecular flexibility index (Phi) is 3.83. The lowest BCUT2D eigenvalue weighted by molar-refractivity contribution is 0.628. The molecule has 3 heterocycles. The molecule has 2 N–H and O–H groups in total. The molecule has 0 atom stereocenters. The van der Waals surface area contributed by atoms with E-state index in [0.717, 1.165) is 5.56 Å². The number of aromatic nitrogens is 5. The lowest BCUT2D eigenvalue weighted by Gasteiger charge is -2.05. The van der Waals surface area contributed by atoms with Gasteiger partial charge in [-0.25, -0.2) is 19.0 Å². The maximum absolute atomic E-state index is 13.3. The van der Waals surface area contributed by atoms with Crippen molar-refractivity contribution in [3.05, 3.63) is 98.7 Å². The molecule has 5 rings (SSSR count). The highest BCUT2D eigenvalue weighted by Crippen LogP contribution is 2.23. The summed E-state index contributed by atoms with van der Waals surface area (Å²) in [4.78, 5) is 29.2. The van der Waals surface area contributed by atoms with E-state index in [4.69, 9.17) is 0 Å². The van der Waals surface area contributed by atoms with Crippen LogP contribution in [-0.2, 0) is 6.42 Å². The van der Waals surface area contributed by atoms with Crippen LogP contribution in [0.3, 0.4) is 0 Å². The Morgan fingerprint density at radius 3 is 2.55 bits per heavy atom. The smallest absolute Gasteiger partial charge is 0.272 e. The van der Waals surface area contributed by atoms with Crippen molar-refractivity contribution in [1.29, 1.82) is 0 Å². The first-order valence-corrected chi connectivity index (χ1v) is 8.92. The number of aromatic amines is 2. The topological polar surface area (TPSA) is 95.9 Å². The number of rotatable bonds is 3. The quantitative estimate of drug-likeness (QED) is 0.497. The van der Waals surface area contributed by atoms with Crippen molar-refractivity contribution < 1.29 is 4.39 Å². The third-order valence-electron chi connectivity index (χ3n) is 4.83. The third kappa shape index (κ3) is 2.91. The van der Waals surface area contributed by atoms with Gasteiger partial charge in [0, 0.05) is 29.6 Å². The van der Waals surface area contributed by atoms with Crippen LogP contribution < -0.4 is 11.1 Å². The van der Waals surface area contributed by atoms with E-state index in [-0.39, 0.29) is 23.4 Å². The first-order chi connectivity index (χ1) is 14.1. The van der Waals surface area contributed by atoms with E-state index in [2.05, 4.69) is 20.3 Å². The van der Waals surface area contributed by atoms with Gasteiger partial charge in [-0.2, -0.15) is 5.10 Å². The SMILES string of the molecule is O=c1[nH]nc(Cc2cc(=O)n3[nH]cc(-c4ccc(F)cc4)c3n2)c2ccccc12. The minimum Gasteiger partial charge on any atom is -0.296 e. The van der Waals surface area contributed by atoms with Crippen molar-refractivity contribution in [2.24, 2.45) is 0 Å². The molecule has 0 aliphatic carbocycles. The van der Waals surface area contributed by atoms with E-state index < -0.39 is 0 Å². The van der Waals surface area contributed by atoms with E-state index in [1.807, 2.05) is 12.1 Å². The van der Waals surface area contributed by atoms with Gasteiger partial charge >= 0.3 is 0 Å². The highest BCUT2D eigenvalue weighted by molar-refractivity contribution is 5.83. The van der Waals surface area contributed by atoms with Gasteiger partial charge < -0.3 is 0 Å². The maximum atomic E-state index is 13.3. The number of hydrogen-bond donors (Lipinski definition) is 2. The molecule has 0 radical (unpaired) electrons. The van der Waals surface area contributed by atoms with Crippen LogP contribution in [0, 0.1) is 5.82 Å². The van der Waals surface area contributed by atoms with Crippen LogP contribution in [0.1, 0.15) is 11.4 Å². The number of hydrogen-bond acceptors (Lipinski definition) is 4. The summed E-state index contributed by atoms with van der Waals surface area (Å²) in [5.41, 5.74) is 2.46. The molecule has 142 valence electrons. The van der Waals surface area contributed by atoms with Crippen molar-refractivity contribution in [2.45, 2.75) is 6.42 Å². The molecule has 0 unspecified atom stereocenters. The van der Waals surface area contributed by atoms with Crippen molar-refractivity contribution >= 4 is 16.4 Å². The standard InChI is InChI=1S/C21H14FN5O2/c22-13-7-5-12(6-8-13)17-11-23-27-19(28)10-14(24-20(17)27)9-18-15-3-1-2-4-16(15)21(29)26-25-18/h1-8,10-11,23H,9H2,(H,26,29). The second-order valence-electron chi connectivity index (χ2n) is 6.66. The predicted molar refractivity (Wildman–Crippen MR) is 106 cm³/mol. The fourth-order valence-electron chi connectivity index (χ4n) is 3.44. The van der Waals surface area contributed by atoms with Crippen LogP contribution in [-0.4, -0.2) is 24.8 Å². The summed E-state index contributed by atoms with van der Waals surface area (Å²) < 4.78 is 14.6. The summed E-state index contributed by atoms with van der Waals surface area (Å²) in [6.07, 6.45) is 1.94. The Bertz CT molecular complexity index is 1480. The summed E-state index contributed by atoms with van der Waals surface area (Å²) in [5, 5.41) is 10.8. The number of fused-ring (bicyclic) bond motifs is 2. The number of benzene rings is 2. The van der Waals surface area contributed by atoms with Gasteiger partial charge in [-0.3, -0.25) is 14.7 Å². The van der Waals surface area contributed by atoms with E-state index >= 15 is 0 Å². The van der Waals surface area contributed by atoms with Crippen LogP contribution in [0.5, 0.6) is 0 Å². The highest BCUT2D eigenvalue weighted by Gasteiger charge is 2.13. The number of H-pyrrole nitrogens is 2. The van der Waals surface area contributed by atoms with Gasteiger partial charge in [-0.1, -0.05) is 30.3 Å². The van der Waals surface area contributed by atoms with Gasteiger partial charge in [0.15, 0.2) is 5.65 Å². The van der Waals surface area contributed by atoms with Gasteiger partial charge in [-0.05, 0) is 23.8 Å². The zero-order valence-electron chi connectivity index (χ0n) is 15.0. The third-order valence-corrected chi connectivity index (χ3v) is 4.83. The zero-order valence-corrected chi connectivity index (χ0v) is 15.0. The molecular weight excluding hydrogens is 373 g/mol. The predicted octanol–water partition coefficient (Wildman–Crippen LogP) is 2.66. The molecule has 8 heteroatoms. The van der Waals surface area contributed by atoms with Crippen LogP contribution in [0.15, 0.2) is 70.4 Å². The van der Waals surface area contributed by atoms with Crippen molar-refractivity contribution in [2.75, 3.05) is 0 Å². The monoisotopic (exact) mass is 387 g/mol. The molecular formula is C21H14FN5O2. The molecule has 0 spiro atoms. The summed E-state index contributed by atoms with van der Waals surface area (Å²) in [6.45, 7) is 0. The fraction of sp³-hybridized carbons (Fsp3) is 0.0476. The van der Waals surface area contributed by atoms with E-state index in [1.165, 1.54) is 22.7 Å². The molecule has 7 nitrogen and oxygen atoms in total. The second kappa shape index (κ2) is 6.52. The van der Waals surface area contributed by atoms with Crippen LogP contribution in [0.4, 0.5) is 4.39 Å². The van der Waals surface area contributed by atoms with Gasteiger partial charge in [0.1, 0.15) is 5.82 Å². The molecule has 0 bridgehead atoms. The Balaban J connectivity index is 1.64. The van der Waals surface area contributed by atoms with Crippen LogP contribution in [0.2, 0.25) is 0 Å².